The molecule has 1 N–H and O–H groups in total. The van der Waals surface area contributed by atoms with Crippen LogP contribution in [0.25, 0.3) is 0 Å². The number of nitrogens with zero attached hydrogens (tertiary/aromatic N) is 1. The van der Waals surface area contributed by atoms with E-state index in [4.69, 9.17) is 9.47 Å². The number of hydrogen-bond acceptors (Lipinski definition) is 5. The first kappa shape index (κ1) is 17.9. The molecule has 0 unspecified atom stereocenters. The lowest BCUT2D eigenvalue weighted by molar-refractivity contribution is -0.147. The van der Waals surface area contributed by atoms with Crippen LogP contribution in [0, 0.1) is 0 Å². The van der Waals surface area contributed by atoms with E-state index in [9.17, 15) is 4.79 Å². The predicted molar refractivity (Wildman–Crippen MR) is 90.2 cm³/mol. The standard InChI is InChI=1S/C18H28N2O3/c1-19-10-5-13-22-17-8-11-20(12-9-17)14-18(21)23-15-16-6-3-2-4-7-16/h2-4,6-7,17,19H,5,8-15H2,1H3. The van der Waals surface area contributed by atoms with Crippen molar-refractivity contribution in [2.75, 3.05) is 39.8 Å². The number of nitrogens with one attached hydrogen (secondary N) is 1. The van der Waals surface area contributed by atoms with E-state index in [1.165, 1.54) is 0 Å². The average molecular weight is 320 g/mol. The molecule has 5 heteroatoms. The van der Waals surface area contributed by atoms with Crippen LogP contribution in [0.5, 0.6) is 0 Å². The molecule has 0 spiro atoms. The predicted octanol–water partition coefficient (Wildman–Crippen LogP) is 1.82. The van der Waals surface area contributed by atoms with E-state index in [0.717, 1.165) is 51.1 Å². The molecule has 1 saturated heterocycles. The number of rotatable bonds is 9. The van der Waals surface area contributed by atoms with Crippen LogP contribution in [0.4, 0.5) is 0 Å². The van der Waals surface area contributed by atoms with Crippen LogP contribution in [-0.4, -0.2) is 56.8 Å². The van der Waals surface area contributed by atoms with Crippen molar-refractivity contribution >= 4 is 5.97 Å². The van der Waals surface area contributed by atoms with E-state index in [2.05, 4.69) is 10.2 Å². The second kappa shape index (κ2) is 10.4. The molecule has 2 rings (SSSR count). The van der Waals surface area contributed by atoms with E-state index in [1.54, 1.807) is 0 Å². The number of carbonyl (C=O) groups excluding carboxylic acids is 1. The lowest BCUT2D eigenvalue weighted by Gasteiger charge is -2.31. The third kappa shape index (κ3) is 7.12. The Morgan fingerprint density at radius 3 is 2.70 bits per heavy atom. The lowest BCUT2D eigenvalue weighted by atomic mass is 10.1. The van der Waals surface area contributed by atoms with Gasteiger partial charge in [0.1, 0.15) is 6.61 Å². The van der Waals surface area contributed by atoms with Gasteiger partial charge in [-0.05, 0) is 38.4 Å². The van der Waals surface area contributed by atoms with Crippen LogP contribution < -0.4 is 5.32 Å². The van der Waals surface area contributed by atoms with Gasteiger partial charge < -0.3 is 14.8 Å². The van der Waals surface area contributed by atoms with Crippen LogP contribution in [0.2, 0.25) is 0 Å². The van der Waals surface area contributed by atoms with Gasteiger partial charge in [-0.1, -0.05) is 30.3 Å². The summed E-state index contributed by atoms with van der Waals surface area (Å²) in [4.78, 5) is 14.1. The van der Waals surface area contributed by atoms with Crippen LogP contribution in [0.3, 0.4) is 0 Å². The third-order valence-corrected chi connectivity index (χ3v) is 4.05. The molecule has 0 aliphatic carbocycles. The molecule has 0 aromatic heterocycles. The fourth-order valence-corrected chi connectivity index (χ4v) is 2.70. The van der Waals surface area contributed by atoms with Crippen LogP contribution >= 0.6 is 0 Å². The van der Waals surface area contributed by atoms with Gasteiger partial charge in [0.25, 0.3) is 0 Å². The zero-order chi connectivity index (χ0) is 16.3. The van der Waals surface area contributed by atoms with Gasteiger partial charge in [-0.15, -0.1) is 0 Å². The summed E-state index contributed by atoms with van der Waals surface area (Å²) in [6.45, 7) is 4.33. The molecule has 1 heterocycles. The first-order valence-corrected chi connectivity index (χ1v) is 8.46. The molecule has 128 valence electrons. The summed E-state index contributed by atoms with van der Waals surface area (Å²) in [5.74, 6) is -0.151. The van der Waals surface area contributed by atoms with Gasteiger partial charge in [0.2, 0.25) is 0 Å². The quantitative estimate of drug-likeness (QED) is 0.556. The highest BCUT2D eigenvalue weighted by molar-refractivity contribution is 5.71. The van der Waals surface area contributed by atoms with Gasteiger partial charge in [0.05, 0.1) is 12.6 Å². The number of likely N-dealkylation sites (tertiary alicyclic amines) is 1. The highest BCUT2D eigenvalue weighted by atomic mass is 16.5. The first-order valence-electron chi connectivity index (χ1n) is 8.46. The minimum Gasteiger partial charge on any atom is -0.460 e. The Balaban J connectivity index is 1.57. The summed E-state index contributed by atoms with van der Waals surface area (Å²) in [7, 11) is 1.95. The Morgan fingerprint density at radius 1 is 1.26 bits per heavy atom. The molecule has 0 saturated carbocycles. The molecule has 0 atom stereocenters. The summed E-state index contributed by atoms with van der Waals surface area (Å²) in [6.07, 6.45) is 3.36. The fraction of sp³-hybridized carbons (Fsp3) is 0.611. The van der Waals surface area contributed by atoms with Crippen LogP contribution in [0.15, 0.2) is 30.3 Å². The maximum absolute atomic E-state index is 11.9. The smallest absolute Gasteiger partial charge is 0.320 e. The lowest BCUT2D eigenvalue weighted by Crippen LogP contribution is -2.40. The Kier molecular flexibility index (Phi) is 8.07. The van der Waals surface area contributed by atoms with E-state index in [0.29, 0.717) is 19.3 Å². The molecule has 5 nitrogen and oxygen atoms in total. The maximum Gasteiger partial charge on any atom is 0.320 e. The topological polar surface area (TPSA) is 50.8 Å². The molecule has 1 aliphatic rings. The largest absolute Gasteiger partial charge is 0.460 e. The average Bonchev–Trinajstić information content (AvgIpc) is 2.59. The Hall–Kier alpha value is -1.43. The number of benzene rings is 1. The molecule has 23 heavy (non-hydrogen) atoms. The highest BCUT2D eigenvalue weighted by Gasteiger charge is 2.21. The second-order valence-electron chi connectivity index (χ2n) is 5.95. The summed E-state index contributed by atoms with van der Waals surface area (Å²) < 4.78 is 11.2. The number of piperidine rings is 1. The Morgan fingerprint density at radius 2 is 2.00 bits per heavy atom. The summed E-state index contributed by atoms with van der Waals surface area (Å²) in [5.41, 5.74) is 1.02. The van der Waals surface area contributed by atoms with Gasteiger partial charge in [-0.2, -0.15) is 0 Å². The number of hydrogen-bond donors (Lipinski definition) is 1. The van der Waals surface area contributed by atoms with Crippen LogP contribution in [-0.2, 0) is 20.9 Å². The maximum atomic E-state index is 11.9. The van der Waals surface area contributed by atoms with E-state index < -0.39 is 0 Å². The third-order valence-electron chi connectivity index (χ3n) is 4.05. The fourth-order valence-electron chi connectivity index (χ4n) is 2.70. The molecule has 1 aromatic rings. The Bertz CT molecular complexity index is 445. The van der Waals surface area contributed by atoms with Crippen molar-refractivity contribution in [3.8, 4) is 0 Å². The zero-order valence-electron chi connectivity index (χ0n) is 14.0. The van der Waals surface area contributed by atoms with Crippen molar-refractivity contribution in [1.29, 1.82) is 0 Å². The van der Waals surface area contributed by atoms with Gasteiger partial charge in [0, 0.05) is 19.7 Å². The highest BCUT2D eigenvalue weighted by Crippen LogP contribution is 2.14. The number of ether oxygens (including phenoxy) is 2. The van der Waals surface area contributed by atoms with Gasteiger partial charge in [0.15, 0.2) is 0 Å². The molecule has 1 aromatic carbocycles. The van der Waals surface area contributed by atoms with Crippen molar-refractivity contribution in [3.63, 3.8) is 0 Å². The van der Waals surface area contributed by atoms with E-state index in [1.807, 2.05) is 37.4 Å². The first-order chi connectivity index (χ1) is 11.3. The van der Waals surface area contributed by atoms with Gasteiger partial charge in [-0.3, -0.25) is 9.69 Å². The van der Waals surface area contributed by atoms with Crippen molar-refractivity contribution in [2.45, 2.75) is 32.0 Å². The molecule has 1 aliphatic heterocycles. The monoisotopic (exact) mass is 320 g/mol. The summed E-state index contributed by atoms with van der Waals surface area (Å²) >= 11 is 0. The molecule has 0 radical (unpaired) electrons. The summed E-state index contributed by atoms with van der Waals surface area (Å²) in [5, 5.41) is 3.12. The van der Waals surface area contributed by atoms with Gasteiger partial charge >= 0.3 is 5.97 Å². The minimum atomic E-state index is -0.151. The van der Waals surface area contributed by atoms with Crippen molar-refractivity contribution in [1.82, 2.24) is 10.2 Å². The van der Waals surface area contributed by atoms with Crippen molar-refractivity contribution in [3.05, 3.63) is 35.9 Å². The van der Waals surface area contributed by atoms with Gasteiger partial charge in [-0.25, -0.2) is 0 Å². The minimum absolute atomic E-state index is 0.151. The zero-order valence-corrected chi connectivity index (χ0v) is 14.0. The molecule has 0 amide bonds. The molecule has 1 fully saturated rings. The summed E-state index contributed by atoms with van der Waals surface area (Å²) in [6, 6.07) is 9.78. The molecule has 0 bridgehead atoms. The van der Waals surface area contributed by atoms with Crippen molar-refractivity contribution < 1.29 is 14.3 Å². The van der Waals surface area contributed by atoms with Crippen molar-refractivity contribution in [2.24, 2.45) is 0 Å². The normalized spacial score (nSPS) is 16.4. The second-order valence-corrected chi connectivity index (χ2v) is 5.95. The van der Waals surface area contributed by atoms with Crippen LogP contribution in [0.1, 0.15) is 24.8 Å². The SMILES string of the molecule is CNCCCOC1CCN(CC(=O)OCc2ccccc2)CC1. The Labute approximate surface area is 139 Å². The molecular weight excluding hydrogens is 292 g/mol. The van der Waals surface area contributed by atoms with E-state index >= 15 is 0 Å². The van der Waals surface area contributed by atoms with E-state index in [-0.39, 0.29) is 5.97 Å². The number of esters is 1. The molecular formula is C18H28N2O3. The number of carbonyl (C=O) groups is 1.